The van der Waals surface area contributed by atoms with Crippen molar-refractivity contribution < 1.29 is 13.6 Å². The van der Waals surface area contributed by atoms with Gasteiger partial charge in [-0.3, -0.25) is 4.79 Å². The van der Waals surface area contributed by atoms with Gasteiger partial charge in [-0.2, -0.15) is 0 Å². The Morgan fingerprint density at radius 2 is 1.73 bits per heavy atom. The van der Waals surface area contributed by atoms with Crippen molar-refractivity contribution in [1.29, 1.82) is 0 Å². The number of aryl methyl sites for hydroxylation is 2. The van der Waals surface area contributed by atoms with Crippen molar-refractivity contribution in [3.05, 3.63) is 99.5 Å². The zero-order valence-corrected chi connectivity index (χ0v) is 17.9. The van der Waals surface area contributed by atoms with E-state index in [4.69, 9.17) is 0 Å². The van der Waals surface area contributed by atoms with Crippen molar-refractivity contribution in [2.75, 3.05) is 6.26 Å². The molecular formula is C23H24N2O4S. The Hall–Kier alpha value is -3.19. The molecule has 0 aliphatic carbocycles. The van der Waals surface area contributed by atoms with Gasteiger partial charge in [0.2, 0.25) is 5.56 Å². The molecule has 2 aromatic carbocycles. The summed E-state index contributed by atoms with van der Waals surface area (Å²) >= 11 is 0. The first kappa shape index (κ1) is 21.5. The molecule has 30 heavy (non-hydrogen) atoms. The standard InChI is InChI=1S/C23H24N2O4S/c1-16-6-4-5-7-20(16)21(17-8-11-19(12-9-17)30(3,28)29)14-22(24-27)18-10-13-23(26)25(2)15-18/h4-13,15,21,27H,14H2,1-3H3/t21-/m1/s1. The molecule has 0 aliphatic heterocycles. The fourth-order valence-corrected chi connectivity index (χ4v) is 4.14. The molecule has 1 heterocycles. The summed E-state index contributed by atoms with van der Waals surface area (Å²) in [6.07, 6.45) is 3.19. The zero-order valence-electron chi connectivity index (χ0n) is 17.1. The number of sulfone groups is 1. The van der Waals surface area contributed by atoms with Crippen LogP contribution in [0.3, 0.4) is 0 Å². The molecule has 0 bridgehead atoms. The predicted octanol–water partition coefficient (Wildman–Crippen LogP) is 3.50. The third-order valence-electron chi connectivity index (χ3n) is 5.21. The number of hydrogen-bond acceptors (Lipinski definition) is 5. The van der Waals surface area contributed by atoms with Gasteiger partial charge in [-0.15, -0.1) is 0 Å². The summed E-state index contributed by atoms with van der Waals surface area (Å²) in [7, 11) is -1.65. The molecule has 0 amide bonds. The van der Waals surface area contributed by atoms with Crippen LogP contribution in [0.25, 0.3) is 0 Å². The molecule has 1 N–H and O–H groups in total. The topological polar surface area (TPSA) is 88.7 Å². The van der Waals surface area contributed by atoms with Crippen molar-refractivity contribution in [2.45, 2.75) is 24.2 Å². The summed E-state index contributed by atoms with van der Waals surface area (Å²) in [5.41, 5.74) is 3.96. The Kier molecular flexibility index (Phi) is 6.22. The van der Waals surface area contributed by atoms with Crippen molar-refractivity contribution in [1.82, 2.24) is 4.57 Å². The highest BCUT2D eigenvalue weighted by Gasteiger charge is 2.21. The van der Waals surface area contributed by atoms with Gasteiger partial charge in [0.25, 0.3) is 0 Å². The van der Waals surface area contributed by atoms with E-state index in [1.165, 1.54) is 16.9 Å². The van der Waals surface area contributed by atoms with Crippen molar-refractivity contribution in [3.63, 3.8) is 0 Å². The van der Waals surface area contributed by atoms with E-state index >= 15 is 0 Å². The van der Waals surface area contributed by atoms with Gasteiger partial charge in [-0.1, -0.05) is 41.6 Å². The van der Waals surface area contributed by atoms with Crippen LogP contribution in [0.2, 0.25) is 0 Å². The second-order valence-electron chi connectivity index (χ2n) is 7.37. The van der Waals surface area contributed by atoms with E-state index in [1.807, 2.05) is 31.2 Å². The highest BCUT2D eigenvalue weighted by molar-refractivity contribution is 7.90. The number of benzene rings is 2. The first-order chi connectivity index (χ1) is 14.2. The van der Waals surface area contributed by atoms with E-state index in [9.17, 15) is 18.4 Å². The molecule has 7 heteroatoms. The maximum absolute atomic E-state index is 11.8. The Morgan fingerprint density at radius 1 is 1.07 bits per heavy atom. The molecule has 0 spiro atoms. The van der Waals surface area contributed by atoms with Crippen LogP contribution in [0.1, 0.15) is 34.6 Å². The monoisotopic (exact) mass is 424 g/mol. The normalized spacial score (nSPS) is 13.2. The van der Waals surface area contributed by atoms with Crippen LogP contribution in [0, 0.1) is 6.92 Å². The van der Waals surface area contributed by atoms with Crippen LogP contribution >= 0.6 is 0 Å². The number of hydrogen-bond donors (Lipinski definition) is 1. The summed E-state index contributed by atoms with van der Waals surface area (Å²) < 4.78 is 25.1. The van der Waals surface area contributed by atoms with Crippen LogP contribution in [0.15, 0.2) is 81.7 Å². The molecule has 0 unspecified atom stereocenters. The Balaban J connectivity index is 2.07. The highest BCUT2D eigenvalue weighted by atomic mass is 32.2. The van der Waals surface area contributed by atoms with E-state index in [2.05, 4.69) is 5.16 Å². The summed E-state index contributed by atoms with van der Waals surface area (Å²) in [5, 5.41) is 13.2. The van der Waals surface area contributed by atoms with Gasteiger partial charge >= 0.3 is 0 Å². The second-order valence-corrected chi connectivity index (χ2v) is 9.38. The van der Waals surface area contributed by atoms with Crippen molar-refractivity contribution in [2.24, 2.45) is 12.2 Å². The molecular weight excluding hydrogens is 400 g/mol. The first-order valence-electron chi connectivity index (χ1n) is 9.44. The van der Waals surface area contributed by atoms with Gasteiger partial charge in [-0.05, 0) is 41.8 Å². The third kappa shape index (κ3) is 4.68. The zero-order chi connectivity index (χ0) is 21.9. The fraction of sp³-hybridized carbons (Fsp3) is 0.217. The lowest BCUT2D eigenvalue weighted by Gasteiger charge is -2.21. The SMILES string of the molecule is Cc1ccccc1[C@H](CC(=NO)c1ccc(=O)n(C)c1)c1ccc(S(C)(=O)=O)cc1. The largest absolute Gasteiger partial charge is 0.411 e. The molecule has 1 aromatic heterocycles. The van der Waals surface area contributed by atoms with Gasteiger partial charge in [0.15, 0.2) is 9.84 Å². The molecule has 3 aromatic rings. The van der Waals surface area contributed by atoms with Gasteiger partial charge in [0.1, 0.15) is 0 Å². The average Bonchev–Trinajstić information content (AvgIpc) is 2.71. The molecule has 0 saturated carbocycles. The smallest absolute Gasteiger partial charge is 0.250 e. The van der Waals surface area contributed by atoms with E-state index in [1.54, 1.807) is 43.6 Å². The molecule has 156 valence electrons. The van der Waals surface area contributed by atoms with Gasteiger partial charge in [-0.25, -0.2) is 8.42 Å². The van der Waals surface area contributed by atoms with E-state index in [0.29, 0.717) is 17.7 Å². The minimum atomic E-state index is -3.29. The van der Waals surface area contributed by atoms with Gasteiger partial charge in [0.05, 0.1) is 10.6 Å². The minimum Gasteiger partial charge on any atom is -0.411 e. The summed E-state index contributed by atoms with van der Waals surface area (Å²) in [5.74, 6) is -0.164. The Bertz CT molecular complexity index is 1240. The molecule has 6 nitrogen and oxygen atoms in total. The van der Waals surface area contributed by atoms with Crippen LogP contribution < -0.4 is 5.56 Å². The Morgan fingerprint density at radius 3 is 2.30 bits per heavy atom. The lowest BCUT2D eigenvalue weighted by atomic mass is 9.83. The second kappa shape index (κ2) is 8.67. The highest BCUT2D eigenvalue weighted by Crippen LogP contribution is 2.32. The van der Waals surface area contributed by atoms with Crippen molar-refractivity contribution in [3.8, 4) is 0 Å². The fourth-order valence-electron chi connectivity index (χ4n) is 3.51. The molecule has 0 radical (unpaired) electrons. The first-order valence-corrected chi connectivity index (χ1v) is 11.3. The maximum atomic E-state index is 11.8. The molecule has 0 fully saturated rings. The van der Waals surface area contributed by atoms with E-state index in [-0.39, 0.29) is 16.4 Å². The minimum absolute atomic E-state index is 0.150. The Labute approximate surface area is 176 Å². The van der Waals surface area contributed by atoms with Crippen LogP contribution in [-0.2, 0) is 16.9 Å². The quantitative estimate of drug-likeness (QED) is 0.373. The van der Waals surface area contributed by atoms with Crippen LogP contribution in [0.4, 0.5) is 0 Å². The molecule has 0 saturated heterocycles. The molecule has 1 atom stereocenters. The van der Waals surface area contributed by atoms with Crippen LogP contribution in [0.5, 0.6) is 0 Å². The number of pyridine rings is 1. The van der Waals surface area contributed by atoms with E-state index in [0.717, 1.165) is 16.7 Å². The molecule has 0 aliphatic rings. The predicted molar refractivity (Wildman–Crippen MR) is 117 cm³/mol. The number of rotatable bonds is 6. The van der Waals surface area contributed by atoms with Crippen molar-refractivity contribution >= 4 is 15.5 Å². The summed E-state index contributed by atoms with van der Waals surface area (Å²) in [6.45, 7) is 2.01. The number of nitrogens with zero attached hydrogens (tertiary/aromatic N) is 2. The van der Waals surface area contributed by atoms with E-state index < -0.39 is 9.84 Å². The maximum Gasteiger partial charge on any atom is 0.250 e. The number of aromatic nitrogens is 1. The van der Waals surface area contributed by atoms with Gasteiger partial charge in [0, 0.05) is 43.5 Å². The van der Waals surface area contributed by atoms with Crippen LogP contribution in [-0.4, -0.2) is 30.2 Å². The summed E-state index contributed by atoms with van der Waals surface area (Å²) in [4.78, 5) is 12.0. The average molecular weight is 425 g/mol. The lowest BCUT2D eigenvalue weighted by molar-refractivity contribution is 0.317. The number of oxime groups is 1. The lowest BCUT2D eigenvalue weighted by Crippen LogP contribution is -2.18. The molecule has 3 rings (SSSR count). The summed E-state index contributed by atoms with van der Waals surface area (Å²) in [6, 6.07) is 17.8. The third-order valence-corrected chi connectivity index (χ3v) is 6.34. The van der Waals surface area contributed by atoms with Gasteiger partial charge < -0.3 is 9.77 Å².